The molecular weight excluding hydrogens is 379 g/mol. The van der Waals surface area contributed by atoms with Crippen molar-refractivity contribution in [3.8, 4) is 17.2 Å². The number of amides is 1. The summed E-state index contributed by atoms with van der Waals surface area (Å²) in [6, 6.07) is 24.2. The minimum atomic E-state index is -0.667. The van der Waals surface area contributed by atoms with E-state index in [1.54, 1.807) is 12.1 Å². The van der Waals surface area contributed by atoms with E-state index in [2.05, 4.69) is 6.07 Å². The van der Waals surface area contributed by atoms with Gasteiger partial charge < -0.3 is 10.0 Å². The molecule has 3 atom stereocenters. The molecule has 4 nitrogen and oxygen atoms in total. The number of likely N-dealkylation sites (tertiary alicyclic amines) is 1. The van der Waals surface area contributed by atoms with Crippen LogP contribution in [0.1, 0.15) is 17.0 Å². The molecule has 3 aromatic rings. The van der Waals surface area contributed by atoms with Gasteiger partial charge in [-0.2, -0.15) is 5.26 Å². The van der Waals surface area contributed by atoms with E-state index in [0.717, 1.165) is 22.3 Å². The number of benzene rings is 3. The predicted octanol–water partition coefficient (Wildman–Crippen LogP) is 3.91. The van der Waals surface area contributed by atoms with Crippen LogP contribution < -0.4 is 0 Å². The minimum absolute atomic E-state index is 0.178. The lowest BCUT2D eigenvalue weighted by Crippen LogP contribution is -2.65. The monoisotopic (exact) mass is 400 g/mol. The number of aliphatic hydroxyl groups excluding tert-OH is 1. The van der Waals surface area contributed by atoms with Crippen molar-refractivity contribution in [2.45, 2.75) is 24.4 Å². The van der Waals surface area contributed by atoms with Crippen LogP contribution in [0.3, 0.4) is 0 Å². The molecule has 0 bridgehead atoms. The van der Waals surface area contributed by atoms with Gasteiger partial charge in [0.25, 0.3) is 0 Å². The molecule has 150 valence electrons. The number of rotatable bonds is 5. The van der Waals surface area contributed by atoms with Gasteiger partial charge in [0.05, 0.1) is 25.1 Å². The van der Waals surface area contributed by atoms with E-state index in [9.17, 15) is 19.6 Å². The van der Waals surface area contributed by atoms with E-state index in [1.807, 2.05) is 54.6 Å². The zero-order valence-corrected chi connectivity index (χ0v) is 16.3. The Morgan fingerprint density at radius 3 is 2.33 bits per heavy atom. The summed E-state index contributed by atoms with van der Waals surface area (Å²) in [6.07, 6.45) is 0.182. The Morgan fingerprint density at radius 1 is 1.00 bits per heavy atom. The van der Waals surface area contributed by atoms with Crippen LogP contribution in [0, 0.1) is 17.1 Å². The highest BCUT2D eigenvalue weighted by molar-refractivity contribution is 5.82. The molecule has 0 spiro atoms. The fourth-order valence-corrected chi connectivity index (χ4v) is 4.26. The summed E-state index contributed by atoms with van der Waals surface area (Å²) in [7, 11) is 0. The maximum absolute atomic E-state index is 13.4. The molecule has 0 aliphatic carbocycles. The molecule has 0 saturated carbocycles. The zero-order chi connectivity index (χ0) is 21.1. The topological polar surface area (TPSA) is 64.3 Å². The molecule has 1 aliphatic rings. The lowest BCUT2D eigenvalue weighted by molar-refractivity contribution is -0.146. The highest BCUT2D eigenvalue weighted by Crippen LogP contribution is 2.44. The summed E-state index contributed by atoms with van der Waals surface area (Å²) >= 11 is 0. The van der Waals surface area contributed by atoms with Crippen molar-refractivity contribution in [2.24, 2.45) is 0 Å². The quantitative estimate of drug-likeness (QED) is 0.706. The van der Waals surface area contributed by atoms with E-state index in [0.29, 0.717) is 0 Å². The molecule has 1 fully saturated rings. The van der Waals surface area contributed by atoms with Crippen molar-refractivity contribution < 1.29 is 14.3 Å². The molecule has 1 heterocycles. The molecule has 1 amide bonds. The number of aliphatic hydroxyl groups is 1. The third-order valence-electron chi connectivity index (χ3n) is 5.69. The molecule has 1 saturated heterocycles. The molecule has 1 aliphatic heterocycles. The van der Waals surface area contributed by atoms with Gasteiger partial charge in [0.1, 0.15) is 11.9 Å². The number of halogens is 1. The SMILES string of the molecule is N#C[C@@H]1[C@@H](c2ccccc2-c2ccc(F)cc2)[C@@H](CO)N1C(=O)Cc1ccccc1. The fourth-order valence-electron chi connectivity index (χ4n) is 4.26. The van der Waals surface area contributed by atoms with E-state index < -0.39 is 12.1 Å². The smallest absolute Gasteiger partial charge is 0.228 e. The first kappa shape index (κ1) is 19.8. The maximum Gasteiger partial charge on any atom is 0.228 e. The molecule has 4 rings (SSSR count). The van der Waals surface area contributed by atoms with Gasteiger partial charge in [-0.25, -0.2) is 4.39 Å². The van der Waals surface area contributed by atoms with Gasteiger partial charge in [-0.1, -0.05) is 66.7 Å². The van der Waals surface area contributed by atoms with E-state index in [4.69, 9.17) is 0 Å². The molecule has 3 aromatic carbocycles. The van der Waals surface area contributed by atoms with Gasteiger partial charge in [0, 0.05) is 5.92 Å². The Balaban J connectivity index is 1.65. The van der Waals surface area contributed by atoms with Crippen LogP contribution in [-0.2, 0) is 11.2 Å². The van der Waals surface area contributed by atoms with Gasteiger partial charge in [-0.3, -0.25) is 4.79 Å². The minimum Gasteiger partial charge on any atom is -0.394 e. The Hall–Kier alpha value is -3.49. The molecular formula is C25H21FN2O2. The van der Waals surface area contributed by atoms with Gasteiger partial charge in [-0.15, -0.1) is 0 Å². The number of carbonyl (C=O) groups excluding carboxylic acids is 1. The standard InChI is InChI=1S/C25H21FN2O2/c26-19-12-10-18(11-13-19)20-8-4-5-9-21(20)25-22(15-27)28(23(25)16-29)24(30)14-17-6-2-1-3-7-17/h1-13,22-23,25,29H,14,16H2/t22-,23-,25-/m1/s1. The van der Waals surface area contributed by atoms with Gasteiger partial charge in [0.15, 0.2) is 0 Å². The Morgan fingerprint density at radius 2 is 1.67 bits per heavy atom. The van der Waals surface area contributed by atoms with Crippen molar-refractivity contribution >= 4 is 5.91 Å². The predicted molar refractivity (Wildman–Crippen MR) is 112 cm³/mol. The van der Waals surface area contributed by atoms with Crippen LogP contribution >= 0.6 is 0 Å². The third-order valence-corrected chi connectivity index (χ3v) is 5.69. The highest BCUT2D eigenvalue weighted by atomic mass is 19.1. The summed E-state index contributed by atoms with van der Waals surface area (Å²) in [5.74, 6) is -0.816. The van der Waals surface area contributed by atoms with Crippen LogP contribution in [0.25, 0.3) is 11.1 Å². The first-order valence-electron chi connectivity index (χ1n) is 9.84. The van der Waals surface area contributed by atoms with Gasteiger partial charge >= 0.3 is 0 Å². The zero-order valence-electron chi connectivity index (χ0n) is 16.3. The largest absolute Gasteiger partial charge is 0.394 e. The number of nitriles is 1. The second-order valence-electron chi connectivity index (χ2n) is 7.41. The van der Waals surface area contributed by atoms with Gasteiger partial charge in [-0.05, 0) is 34.4 Å². The van der Waals surface area contributed by atoms with E-state index in [-0.39, 0.29) is 30.7 Å². The van der Waals surface area contributed by atoms with Crippen LogP contribution in [0.4, 0.5) is 4.39 Å². The molecule has 0 aromatic heterocycles. The summed E-state index contributed by atoms with van der Waals surface area (Å²) in [5, 5.41) is 19.9. The average Bonchev–Trinajstić information content (AvgIpc) is 2.75. The number of hydrogen-bond acceptors (Lipinski definition) is 3. The Kier molecular flexibility index (Phi) is 5.60. The molecule has 1 N–H and O–H groups in total. The second kappa shape index (κ2) is 8.48. The molecule has 0 unspecified atom stereocenters. The van der Waals surface area contributed by atoms with Crippen LogP contribution in [0.5, 0.6) is 0 Å². The van der Waals surface area contributed by atoms with E-state index >= 15 is 0 Å². The van der Waals surface area contributed by atoms with Gasteiger partial charge in [0.2, 0.25) is 5.91 Å². The van der Waals surface area contributed by atoms with Crippen molar-refractivity contribution in [3.63, 3.8) is 0 Å². The number of hydrogen-bond donors (Lipinski definition) is 1. The molecule has 0 radical (unpaired) electrons. The normalized spacial score (nSPS) is 20.3. The summed E-state index contributed by atoms with van der Waals surface area (Å²) < 4.78 is 13.4. The van der Waals surface area contributed by atoms with Crippen LogP contribution in [0.2, 0.25) is 0 Å². The summed E-state index contributed by atoms with van der Waals surface area (Å²) in [6.45, 7) is -0.235. The van der Waals surface area contributed by atoms with E-state index in [1.165, 1.54) is 17.0 Å². The lowest BCUT2D eigenvalue weighted by Gasteiger charge is -2.52. The van der Waals surface area contributed by atoms with Crippen molar-refractivity contribution in [1.82, 2.24) is 4.90 Å². The van der Waals surface area contributed by atoms with Crippen molar-refractivity contribution in [3.05, 3.63) is 95.8 Å². The first-order chi connectivity index (χ1) is 14.6. The number of carbonyl (C=O) groups is 1. The average molecular weight is 400 g/mol. The summed E-state index contributed by atoms with van der Waals surface area (Å²) in [5.41, 5.74) is 3.44. The number of nitrogens with zero attached hydrogens (tertiary/aromatic N) is 2. The highest BCUT2D eigenvalue weighted by Gasteiger charge is 2.51. The lowest BCUT2D eigenvalue weighted by atomic mass is 9.73. The Bertz CT molecular complexity index is 1080. The van der Waals surface area contributed by atoms with Crippen LogP contribution in [-0.4, -0.2) is 34.6 Å². The molecule has 30 heavy (non-hydrogen) atoms. The Labute approximate surface area is 174 Å². The summed E-state index contributed by atoms with van der Waals surface area (Å²) in [4.78, 5) is 14.4. The fraction of sp³-hybridized carbons (Fsp3) is 0.200. The molecule has 5 heteroatoms. The second-order valence-corrected chi connectivity index (χ2v) is 7.41. The third kappa shape index (κ3) is 3.58. The first-order valence-corrected chi connectivity index (χ1v) is 9.84. The van der Waals surface area contributed by atoms with Crippen LogP contribution in [0.15, 0.2) is 78.9 Å². The van der Waals surface area contributed by atoms with Crippen molar-refractivity contribution in [1.29, 1.82) is 5.26 Å². The maximum atomic E-state index is 13.4. The van der Waals surface area contributed by atoms with Crippen molar-refractivity contribution in [2.75, 3.05) is 6.61 Å².